The van der Waals surface area contributed by atoms with Gasteiger partial charge in [0, 0.05) is 38.8 Å². The Kier molecular flexibility index (Phi) is 14.2. The molecule has 0 spiro atoms. The molecule has 4 aromatic heterocycles. The van der Waals surface area contributed by atoms with Gasteiger partial charge in [-0.05, 0) is 72.7 Å². The first-order valence-electron chi connectivity index (χ1n) is 18.4. The monoisotopic (exact) mass is 727 g/mol. The van der Waals surface area contributed by atoms with Crippen molar-refractivity contribution in [2.45, 2.75) is 210 Å². The minimum Gasteiger partial charge on any atom is -0.339 e. The van der Waals surface area contributed by atoms with E-state index >= 15 is 0 Å². The highest BCUT2D eigenvalue weighted by Crippen LogP contribution is 2.27. The van der Waals surface area contributed by atoms with Gasteiger partial charge in [0.1, 0.15) is 12.2 Å². The first-order valence-corrected chi connectivity index (χ1v) is 18.4. The van der Waals surface area contributed by atoms with E-state index in [2.05, 4.69) is 217 Å². The zero-order chi connectivity index (χ0) is 41.1. The molecule has 0 aliphatic rings. The molecule has 0 saturated carbocycles. The Morgan fingerprint density at radius 3 is 1.29 bits per heavy atom. The Morgan fingerprint density at radius 2 is 1.02 bits per heavy atom. The summed E-state index contributed by atoms with van der Waals surface area (Å²) in [5, 5.41) is 32.2. The molecule has 0 radical (unpaired) electrons. The molecule has 0 N–H and O–H groups in total. The fourth-order valence-electron chi connectivity index (χ4n) is 4.11. The van der Waals surface area contributed by atoms with Crippen molar-refractivity contribution in [1.29, 1.82) is 0 Å². The second-order valence-corrected chi connectivity index (χ2v) is 21.7. The zero-order valence-electron chi connectivity index (χ0n) is 37.4. The van der Waals surface area contributed by atoms with Crippen LogP contribution in [0.3, 0.4) is 0 Å². The van der Waals surface area contributed by atoms with Crippen LogP contribution in [0.15, 0.2) is 17.0 Å². The van der Waals surface area contributed by atoms with Crippen LogP contribution < -0.4 is 0 Å². The SMILES string of the molecule is CC(C)(C)c1cn(C(C)(C)C)nn1.CC(C)(C)c1nncn1C(C)(C)C.CC(C)(C)c1nnnn1C(C)(C)C.CC(C)(C)c1noc(C(C)(C)C)n1. The largest absolute Gasteiger partial charge is 0.339 e. The van der Waals surface area contributed by atoms with Crippen molar-refractivity contribution >= 4 is 0 Å². The van der Waals surface area contributed by atoms with E-state index in [0.29, 0.717) is 5.89 Å². The van der Waals surface area contributed by atoms with Crippen LogP contribution in [0.25, 0.3) is 0 Å². The molecule has 0 bridgehead atoms. The Labute approximate surface area is 315 Å². The third-order valence-corrected chi connectivity index (χ3v) is 7.40. The lowest BCUT2D eigenvalue weighted by Gasteiger charge is -2.27. The Morgan fingerprint density at radius 1 is 0.500 bits per heavy atom. The van der Waals surface area contributed by atoms with Gasteiger partial charge in [-0.3, -0.25) is 0 Å². The average molecular weight is 727 g/mol. The topological polar surface area (TPSA) is 144 Å². The van der Waals surface area contributed by atoms with Crippen molar-refractivity contribution < 1.29 is 4.52 Å². The lowest BCUT2D eigenvalue weighted by atomic mass is 9.93. The third-order valence-electron chi connectivity index (χ3n) is 7.40. The van der Waals surface area contributed by atoms with Gasteiger partial charge in [-0.2, -0.15) is 4.98 Å². The summed E-state index contributed by atoms with van der Waals surface area (Å²) < 4.78 is 11.1. The van der Waals surface area contributed by atoms with Crippen molar-refractivity contribution in [3.8, 4) is 0 Å². The summed E-state index contributed by atoms with van der Waals surface area (Å²) in [7, 11) is 0. The lowest BCUT2D eigenvalue weighted by molar-refractivity contribution is 0.314. The number of nitrogens with zero attached hydrogens (tertiary/aromatic N) is 12. The highest BCUT2D eigenvalue weighted by atomic mass is 16.5. The predicted octanol–water partition coefficient (Wildman–Crippen LogP) is 9.05. The van der Waals surface area contributed by atoms with Crippen molar-refractivity contribution in [2.75, 3.05) is 0 Å². The van der Waals surface area contributed by atoms with Crippen LogP contribution in [0.4, 0.5) is 0 Å². The van der Waals surface area contributed by atoms with Crippen molar-refractivity contribution in [3.63, 3.8) is 0 Å². The standard InChI is InChI=1S/2C10H19N3.C10H18N2O.C9H18N4/c1-9(2,3)8-12-11-7-13(8)10(4,5)6;1-9(2,3)8-7-13(12-11-8)10(4,5)6;1-9(2,3)7-11-8(13-12-7)10(4,5)6;1-8(2,3)7-10-11-12-13(7)9(4,5)6/h2*7H,1-6H3;2*1-6H3. The first-order chi connectivity index (χ1) is 22.9. The predicted molar refractivity (Wildman–Crippen MR) is 211 cm³/mol. The molecule has 0 amide bonds. The summed E-state index contributed by atoms with van der Waals surface area (Å²) >= 11 is 0. The highest BCUT2D eigenvalue weighted by Gasteiger charge is 2.29. The van der Waals surface area contributed by atoms with Crippen LogP contribution in [0, 0.1) is 0 Å². The molecule has 0 unspecified atom stereocenters. The second kappa shape index (κ2) is 15.8. The molecule has 4 heterocycles. The Balaban J connectivity index is 0.000000347. The maximum absolute atomic E-state index is 5.19. The summed E-state index contributed by atoms with van der Waals surface area (Å²) in [4.78, 5) is 4.38. The quantitative estimate of drug-likeness (QED) is 0.172. The van der Waals surface area contributed by atoms with E-state index in [0.717, 1.165) is 23.2 Å². The van der Waals surface area contributed by atoms with Gasteiger partial charge in [0.2, 0.25) is 5.89 Å². The highest BCUT2D eigenvalue weighted by molar-refractivity contribution is 5.08. The van der Waals surface area contributed by atoms with E-state index in [9.17, 15) is 0 Å². The van der Waals surface area contributed by atoms with Gasteiger partial charge in [-0.1, -0.05) is 114 Å². The summed E-state index contributed by atoms with van der Waals surface area (Å²) in [5.41, 5.74) is 1.13. The van der Waals surface area contributed by atoms with Crippen molar-refractivity contribution in [3.05, 3.63) is 41.6 Å². The lowest BCUT2D eigenvalue weighted by Crippen LogP contribution is -2.30. The van der Waals surface area contributed by atoms with Gasteiger partial charge in [0.25, 0.3) is 0 Å². The molecule has 0 atom stereocenters. The molecule has 0 saturated heterocycles. The number of aromatic nitrogens is 12. The normalized spacial score (nSPS) is 13.4. The van der Waals surface area contributed by atoms with Gasteiger partial charge in [0.05, 0.1) is 16.8 Å². The maximum Gasteiger partial charge on any atom is 0.232 e. The minimum absolute atomic E-state index is 0.00319. The number of tetrazole rings is 1. The molecule has 52 heavy (non-hydrogen) atoms. The van der Waals surface area contributed by atoms with Crippen LogP contribution in [0.5, 0.6) is 0 Å². The molecule has 13 heteroatoms. The Hall–Kier alpha value is -3.51. The minimum atomic E-state index is -0.0590. The van der Waals surface area contributed by atoms with E-state index < -0.39 is 0 Å². The van der Waals surface area contributed by atoms with Crippen LogP contribution in [0.1, 0.15) is 195 Å². The molecule has 4 aromatic rings. The third kappa shape index (κ3) is 14.1. The Bertz CT molecular complexity index is 1410. The van der Waals surface area contributed by atoms with Crippen LogP contribution >= 0.6 is 0 Å². The smallest absolute Gasteiger partial charge is 0.232 e. The second-order valence-electron chi connectivity index (χ2n) is 21.7. The molecular formula is C39H74N12O. The molecule has 13 nitrogen and oxygen atoms in total. The summed E-state index contributed by atoms with van der Waals surface area (Å²) in [6.45, 7) is 50.7. The number of hydrogen-bond donors (Lipinski definition) is 0. The molecule has 296 valence electrons. The van der Waals surface area contributed by atoms with Gasteiger partial charge < -0.3 is 9.09 Å². The van der Waals surface area contributed by atoms with Gasteiger partial charge in [-0.25, -0.2) is 9.36 Å². The van der Waals surface area contributed by atoms with E-state index in [-0.39, 0.29) is 43.7 Å². The molecule has 0 aliphatic heterocycles. The van der Waals surface area contributed by atoms with Crippen LogP contribution in [0.2, 0.25) is 0 Å². The van der Waals surface area contributed by atoms with E-state index in [1.165, 1.54) is 0 Å². The molecule has 0 aliphatic carbocycles. The number of rotatable bonds is 0. The van der Waals surface area contributed by atoms with Crippen LogP contribution in [-0.2, 0) is 43.7 Å². The number of hydrogen-bond acceptors (Lipinski definition) is 10. The molecular weight excluding hydrogens is 653 g/mol. The maximum atomic E-state index is 5.19. The van der Waals surface area contributed by atoms with Gasteiger partial charge >= 0.3 is 0 Å². The van der Waals surface area contributed by atoms with Crippen molar-refractivity contribution in [2.24, 2.45) is 0 Å². The average Bonchev–Trinajstić information content (AvgIpc) is 3.72. The van der Waals surface area contributed by atoms with Crippen molar-refractivity contribution in [1.82, 2.24) is 60.1 Å². The fraction of sp³-hybridized carbons (Fsp3) is 0.821. The summed E-state index contributed by atoms with van der Waals surface area (Å²) in [6.07, 6.45) is 3.83. The van der Waals surface area contributed by atoms with E-state index in [1.807, 2.05) is 15.6 Å². The molecule has 4 rings (SSSR count). The van der Waals surface area contributed by atoms with E-state index in [4.69, 9.17) is 4.52 Å². The van der Waals surface area contributed by atoms with Crippen LogP contribution in [-0.4, -0.2) is 60.1 Å². The summed E-state index contributed by atoms with van der Waals surface area (Å²) in [5.74, 6) is 3.45. The molecule has 0 aromatic carbocycles. The van der Waals surface area contributed by atoms with Gasteiger partial charge in [-0.15, -0.1) is 20.4 Å². The summed E-state index contributed by atoms with van der Waals surface area (Å²) in [6, 6.07) is 0. The zero-order valence-corrected chi connectivity index (χ0v) is 37.4. The van der Waals surface area contributed by atoms with E-state index in [1.54, 1.807) is 6.33 Å². The first kappa shape index (κ1) is 46.5. The van der Waals surface area contributed by atoms with Gasteiger partial charge in [0.15, 0.2) is 11.6 Å². The fourth-order valence-corrected chi connectivity index (χ4v) is 4.11. The molecule has 0 fully saturated rings.